The van der Waals surface area contributed by atoms with Crippen LogP contribution in [0.4, 0.5) is 11.8 Å². The van der Waals surface area contributed by atoms with Gasteiger partial charge < -0.3 is 34.3 Å². The van der Waals surface area contributed by atoms with Gasteiger partial charge in [-0.3, -0.25) is 14.2 Å². The Balaban J connectivity index is 1.35. The van der Waals surface area contributed by atoms with Crippen LogP contribution in [0.5, 0.6) is 0 Å². The van der Waals surface area contributed by atoms with E-state index in [9.17, 15) is 9.59 Å². The number of nitrogens with one attached hydrogen (secondary N) is 2. The summed E-state index contributed by atoms with van der Waals surface area (Å²) in [6, 6.07) is 8.18. The molecule has 5 heterocycles. The summed E-state index contributed by atoms with van der Waals surface area (Å²) in [6.07, 6.45) is 3.55. The Morgan fingerprint density at radius 2 is 1.91 bits per heavy atom. The highest BCUT2D eigenvalue weighted by Gasteiger charge is 2.51. The van der Waals surface area contributed by atoms with Crippen LogP contribution in [0.15, 0.2) is 41.4 Å². The van der Waals surface area contributed by atoms with Crippen molar-refractivity contribution >= 4 is 58.5 Å². The van der Waals surface area contributed by atoms with Crippen molar-refractivity contribution < 1.29 is 28.3 Å². The maximum absolute atomic E-state index is 11.7. The summed E-state index contributed by atoms with van der Waals surface area (Å²) in [5.74, 6) is 0.954. The van der Waals surface area contributed by atoms with Gasteiger partial charge in [-0.1, -0.05) is 30.6 Å². The second-order valence-corrected chi connectivity index (χ2v) is 12.2. The lowest BCUT2D eigenvalue weighted by Crippen LogP contribution is -2.34. The van der Waals surface area contributed by atoms with Crippen molar-refractivity contribution in [2.24, 2.45) is 0 Å². The Morgan fingerprint density at radius 1 is 1.09 bits per heavy atom. The van der Waals surface area contributed by atoms with E-state index in [1.807, 2.05) is 25.1 Å². The van der Waals surface area contributed by atoms with Crippen LogP contribution in [0.2, 0.25) is 0 Å². The molecule has 6 rings (SSSR count). The standard InChI is InChI=1S/C30H35IN8O6/c1-2-22-21(15-44-37-22)24-25(42-17-40)26(43-18-41)29(45-24)39-16-34-23-27(33-14-19-7-6-8-20(31)13-19)35-30(36-28(23)39)32-9-12-38-10-4-3-5-11-38/h6-8,13,15-18,24-26,29H,2-5,9-12,14H2,1H3,(H2,32,33,35,36)/t24-,25+,26+,29+/m0/s1. The van der Waals surface area contributed by atoms with Gasteiger partial charge in [0, 0.05) is 28.8 Å². The predicted octanol–water partition coefficient (Wildman–Crippen LogP) is 3.84. The molecule has 2 saturated heterocycles. The number of imidazole rings is 1. The van der Waals surface area contributed by atoms with E-state index in [0.29, 0.717) is 66.6 Å². The summed E-state index contributed by atoms with van der Waals surface area (Å²) >= 11 is 2.29. The molecule has 2 aliphatic rings. The molecule has 3 aromatic heterocycles. The number of piperidine rings is 1. The molecule has 14 nitrogen and oxygen atoms in total. The largest absolute Gasteiger partial charge is 0.457 e. The minimum absolute atomic E-state index is 0.314. The fourth-order valence-corrected chi connectivity index (χ4v) is 6.56. The van der Waals surface area contributed by atoms with E-state index in [2.05, 4.69) is 54.3 Å². The molecule has 0 amide bonds. The van der Waals surface area contributed by atoms with Gasteiger partial charge in [-0.25, -0.2) is 4.98 Å². The smallest absolute Gasteiger partial charge is 0.293 e. The zero-order valence-electron chi connectivity index (χ0n) is 24.8. The highest BCUT2D eigenvalue weighted by Crippen LogP contribution is 2.44. The van der Waals surface area contributed by atoms with Gasteiger partial charge >= 0.3 is 0 Å². The van der Waals surface area contributed by atoms with E-state index >= 15 is 0 Å². The Bertz CT molecular complexity index is 1610. The van der Waals surface area contributed by atoms with E-state index in [1.165, 1.54) is 25.5 Å². The zero-order valence-corrected chi connectivity index (χ0v) is 27.0. The molecule has 238 valence electrons. The molecule has 0 radical (unpaired) electrons. The maximum atomic E-state index is 11.7. The molecule has 2 aliphatic heterocycles. The first-order valence-electron chi connectivity index (χ1n) is 15.1. The average Bonchev–Trinajstić information content (AvgIpc) is 3.78. The minimum atomic E-state index is -1.01. The van der Waals surface area contributed by atoms with Gasteiger partial charge in [0.25, 0.3) is 12.9 Å². The van der Waals surface area contributed by atoms with Gasteiger partial charge in [0.15, 0.2) is 35.4 Å². The number of hydrogen-bond acceptors (Lipinski definition) is 13. The summed E-state index contributed by atoms with van der Waals surface area (Å²) < 4.78 is 25.4. The van der Waals surface area contributed by atoms with Crippen LogP contribution in [0.25, 0.3) is 11.2 Å². The molecule has 2 fully saturated rings. The van der Waals surface area contributed by atoms with Crippen LogP contribution in [0.1, 0.15) is 55.3 Å². The second kappa shape index (κ2) is 14.5. The third-order valence-corrected chi connectivity index (χ3v) is 8.81. The van der Waals surface area contributed by atoms with Gasteiger partial charge in [0.1, 0.15) is 12.4 Å². The summed E-state index contributed by atoms with van der Waals surface area (Å²) in [6.45, 7) is 6.79. The van der Waals surface area contributed by atoms with Crippen LogP contribution in [0, 0.1) is 3.57 Å². The zero-order chi connectivity index (χ0) is 31.2. The number of carbonyl (C=O) groups is 2. The van der Waals surface area contributed by atoms with Gasteiger partial charge in [0.2, 0.25) is 5.95 Å². The lowest BCUT2D eigenvalue weighted by atomic mass is 10.0. The minimum Gasteiger partial charge on any atom is -0.457 e. The number of fused-ring (bicyclic) bond motifs is 1. The lowest BCUT2D eigenvalue weighted by molar-refractivity contribution is -0.151. The van der Waals surface area contributed by atoms with E-state index in [0.717, 1.165) is 28.8 Å². The number of hydrogen-bond donors (Lipinski definition) is 2. The van der Waals surface area contributed by atoms with Gasteiger partial charge in [0.05, 0.1) is 12.0 Å². The van der Waals surface area contributed by atoms with Crippen LogP contribution < -0.4 is 10.6 Å². The Kier molecular flexibility index (Phi) is 10.0. The SMILES string of the molecule is CCc1nocc1[C@@H]1O[C@@H](n2cnc3c(NCc4cccc(I)c4)nc(NCCN4CCCCC4)nc32)[C@H](OC=O)[C@@H]1OC=O. The molecule has 0 bridgehead atoms. The van der Waals surface area contributed by atoms with Crippen molar-refractivity contribution in [1.82, 2.24) is 29.6 Å². The molecular formula is C30H35IN8O6. The summed E-state index contributed by atoms with van der Waals surface area (Å²) in [4.78, 5) is 40.0. The molecule has 0 saturated carbocycles. The topological polar surface area (TPSA) is 159 Å². The van der Waals surface area contributed by atoms with Crippen LogP contribution in [0.3, 0.4) is 0 Å². The fourth-order valence-electron chi connectivity index (χ4n) is 5.95. The second-order valence-electron chi connectivity index (χ2n) is 10.9. The molecule has 1 aromatic carbocycles. The van der Waals surface area contributed by atoms with E-state index < -0.39 is 24.5 Å². The maximum Gasteiger partial charge on any atom is 0.293 e. The molecule has 0 spiro atoms. The summed E-state index contributed by atoms with van der Waals surface area (Å²) in [5.41, 5.74) is 3.29. The molecule has 0 aliphatic carbocycles. The number of benzene rings is 1. The Hall–Kier alpha value is -3.83. The van der Waals surface area contributed by atoms with E-state index in [4.69, 9.17) is 28.7 Å². The number of aryl methyl sites for hydroxylation is 1. The highest BCUT2D eigenvalue weighted by molar-refractivity contribution is 14.1. The number of aromatic nitrogens is 5. The number of halogens is 1. The molecule has 2 N–H and O–H groups in total. The van der Waals surface area contributed by atoms with Crippen molar-refractivity contribution in [2.75, 3.05) is 36.8 Å². The van der Waals surface area contributed by atoms with Crippen molar-refractivity contribution in [3.05, 3.63) is 57.2 Å². The normalized spacial score (nSPS) is 21.9. The van der Waals surface area contributed by atoms with E-state index in [1.54, 1.807) is 10.9 Å². The van der Waals surface area contributed by atoms with Crippen LogP contribution in [-0.2, 0) is 36.8 Å². The van der Waals surface area contributed by atoms with Gasteiger partial charge in [-0.2, -0.15) is 9.97 Å². The number of ether oxygens (including phenoxy) is 3. The Morgan fingerprint density at radius 3 is 2.69 bits per heavy atom. The average molecular weight is 731 g/mol. The molecule has 15 heteroatoms. The van der Waals surface area contributed by atoms with Crippen LogP contribution in [-0.4, -0.2) is 80.9 Å². The quantitative estimate of drug-likeness (QED) is 0.143. The van der Waals surface area contributed by atoms with Crippen molar-refractivity contribution in [3.63, 3.8) is 0 Å². The molecule has 45 heavy (non-hydrogen) atoms. The lowest BCUT2D eigenvalue weighted by Gasteiger charge is -2.26. The third kappa shape index (κ3) is 6.89. The van der Waals surface area contributed by atoms with E-state index in [-0.39, 0.29) is 0 Å². The third-order valence-electron chi connectivity index (χ3n) is 8.14. The number of anilines is 2. The molecular weight excluding hydrogens is 695 g/mol. The molecule has 4 atom stereocenters. The fraction of sp³-hybridized carbons (Fsp3) is 0.467. The number of nitrogens with zero attached hydrogens (tertiary/aromatic N) is 6. The number of likely N-dealkylation sites (tertiary alicyclic amines) is 1. The van der Waals surface area contributed by atoms with Crippen molar-refractivity contribution in [3.8, 4) is 0 Å². The predicted molar refractivity (Wildman–Crippen MR) is 171 cm³/mol. The first-order chi connectivity index (χ1) is 22.1. The van der Waals surface area contributed by atoms with Crippen LogP contribution >= 0.6 is 22.6 Å². The Labute approximate surface area is 273 Å². The van der Waals surface area contributed by atoms with Gasteiger partial charge in [-0.05, 0) is 72.6 Å². The van der Waals surface area contributed by atoms with Crippen molar-refractivity contribution in [2.45, 2.75) is 63.7 Å². The highest BCUT2D eigenvalue weighted by atomic mass is 127. The number of rotatable bonds is 14. The first-order valence-corrected chi connectivity index (χ1v) is 16.1. The van der Waals surface area contributed by atoms with Gasteiger partial charge in [-0.15, -0.1) is 0 Å². The summed E-state index contributed by atoms with van der Waals surface area (Å²) in [5, 5.41) is 10.9. The molecule has 4 aromatic rings. The monoisotopic (exact) mass is 730 g/mol. The molecule has 0 unspecified atom stereocenters. The first kappa shape index (κ1) is 31.2. The number of carbonyl (C=O) groups excluding carboxylic acids is 2. The van der Waals surface area contributed by atoms with Crippen molar-refractivity contribution in [1.29, 1.82) is 0 Å². The summed E-state index contributed by atoms with van der Waals surface area (Å²) in [7, 11) is 0.